The molecule has 0 saturated heterocycles. The minimum absolute atomic E-state index is 0.0441. The van der Waals surface area contributed by atoms with E-state index in [0.717, 1.165) is 5.56 Å². The molecule has 0 aliphatic rings. The number of ether oxygens (including phenoxy) is 1. The van der Waals surface area contributed by atoms with E-state index in [1.54, 1.807) is 18.2 Å². The van der Waals surface area contributed by atoms with Crippen LogP contribution in [0.15, 0.2) is 54.6 Å². The molecule has 0 aliphatic carbocycles. The van der Waals surface area contributed by atoms with Gasteiger partial charge in [-0.3, -0.25) is 0 Å². The fourth-order valence-corrected chi connectivity index (χ4v) is 2.05. The first-order valence-electron chi connectivity index (χ1n) is 7.08. The summed E-state index contributed by atoms with van der Waals surface area (Å²) in [5, 5.41) is 12.2. The second-order valence-corrected chi connectivity index (χ2v) is 4.74. The second kappa shape index (κ2) is 8.39. The number of aliphatic hydroxyl groups excluding tert-OH is 1. The third kappa shape index (κ3) is 4.85. The Balaban J connectivity index is 2.00. The van der Waals surface area contributed by atoms with E-state index < -0.39 is 0 Å². The summed E-state index contributed by atoms with van der Waals surface area (Å²) in [6.07, 6.45) is 0.670. The van der Waals surface area contributed by atoms with Crippen LogP contribution in [0.25, 0.3) is 0 Å². The second-order valence-electron chi connectivity index (χ2n) is 4.74. The van der Waals surface area contributed by atoms with Crippen LogP contribution in [0.5, 0.6) is 5.75 Å². The lowest BCUT2D eigenvalue weighted by Crippen LogP contribution is -2.28. The van der Waals surface area contributed by atoms with Crippen LogP contribution in [-0.2, 0) is 0 Å². The average molecular weight is 289 g/mol. The predicted octanol–water partition coefficient (Wildman–Crippen LogP) is 2.92. The van der Waals surface area contributed by atoms with E-state index in [9.17, 15) is 4.39 Å². The largest absolute Gasteiger partial charge is 0.489 e. The number of benzene rings is 2. The van der Waals surface area contributed by atoms with Crippen LogP contribution in [0, 0.1) is 5.82 Å². The van der Waals surface area contributed by atoms with Gasteiger partial charge in [0.2, 0.25) is 0 Å². The first-order valence-corrected chi connectivity index (χ1v) is 7.08. The van der Waals surface area contributed by atoms with E-state index in [1.807, 2.05) is 30.3 Å². The third-order valence-electron chi connectivity index (χ3n) is 3.17. The van der Waals surface area contributed by atoms with Gasteiger partial charge in [-0.1, -0.05) is 42.5 Å². The minimum Gasteiger partial charge on any atom is -0.489 e. The maximum Gasteiger partial charge on any atom is 0.165 e. The highest BCUT2D eigenvalue weighted by molar-refractivity contribution is 5.24. The van der Waals surface area contributed by atoms with Crippen molar-refractivity contribution in [3.8, 4) is 5.75 Å². The van der Waals surface area contributed by atoms with E-state index >= 15 is 0 Å². The molecule has 0 amide bonds. The van der Waals surface area contributed by atoms with Gasteiger partial charge in [-0.05, 0) is 30.7 Å². The third-order valence-corrected chi connectivity index (χ3v) is 3.17. The summed E-state index contributed by atoms with van der Waals surface area (Å²) in [6.45, 7) is 1.15. The molecular formula is C17H20FNO2. The van der Waals surface area contributed by atoms with E-state index in [1.165, 1.54) is 6.07 Å². The summed E-state index contributed by atoms with van der Waals surface area (Å²) in [4.78, 5) is 0. The molecule has 0 aromatic heterocycles. The van der Waals surface area contributed by atoms with E-state index in [0.29, 0.717) is 19.6 Å². The SMILES string of the molecule is OCCCNC(COc1ccccc1F)c1ccccc1. The van der Waals surface area contributed by atoms with Crippen molar-refractivity contribution in [2.45, 2.75) is 12.5 Å². The Morgan fingerprint density at radius 3 is 2.48 bits per heavy atom. The van der Waals surface area contributed by atoms with Crippen molar-refractivity contribution in [1.82, 2.24) is 5.32 Å². The highest BCUT2D eigenvalue weighted by Gasteiger charge is 2.12. The molecule has 0 aliphatic heterocycles. The number of hydrogen-bond donors (Lipinski definition) is 2. The summed E-state index contributed by atoms with van der Waals surface area (Å²) in [6, 6.07) is 16.2. The van der Waals surface area contributed by atoms with Crippen LogP contribution in [0.3, 0.4) is 0 Å². The molecule has 2 N–H and O–H groups in total. The van der Waals surface area contributed by atoms with Crippen LogP contribution in [-0.4, -0.2) is 24.9 Å². The van der Waals surface area contributed by atoms with Gasteiger partial charge < -0.3 is 15.2 Å². The van der Waals surface area contributed by atoms with Gasteiger partial charge in [-0.15, -0.1) is 0 Å². The number of halogens is 1. The molecule has 1 atom stereocenters. The smallest absolute Gasteiger partial charge is 0.165 e. The molecule has 2 aromatic rings. The van der Waals surface area contributed by atoms with Gasteiger partial charge in [-0.25, -0.2) is 4.39 Å². The van der Waals surface area contributed by atoms with E-state index in [-0.39, 0.29) is 24.2 Å². The highest BCUT2D eigenvalue weighted by Crippen LogP contribution is 2.19. The van der Waals surface area contributed by atoms with Crippen molar-refractivity contribution in [3.05, 3.63) is 66.0 Å². The van der Waals surface area contributed by atoms with Crippen LogP contribution >= 0.6 is 0 Å². The molecule has 0 saturated carbocycles. The van der Waals surface area contributed by atoms with E-state index in [4.69, 9.17) is 9.84 Å². The number of aliphatic hydroxyl groups is 1. The van der Waals surface area contributed by atoms with Gasteiger partial charge in [0.15, 0.2) is 11.6 Å². The molecule has 21 heavy (non-hydrogen) atoms. The molecule has 2 rings (SSSR count). The Labute approximate surface area is 124 Å². The lowest BCUT2D eigenvalue weighted by atomic mass is 10.1. The zero-order chi connectivity index (χ0) is 14.9. The van der Waals surface area contributed by atoms with Crippen molar-refractivity contribution in [3.63, 3.8) is 0 Å². The van der Waals surface area contributed by atoms with Gasteiger partial charge in [0.1, 0.15) is 6.61 Å². The molecule has 0 spiro atoms. The lowest BCUT2D eigenvalue weighted by Gasteiger charge is -2.20. The minimum atomic E-state index is -0.361. The molecule has 2 aromatic carbocycles. The standard InChI is InChI=1S/C17H20FNO2/c18-15-9-4-5-10-17(15)21-13-16(19-11-6-12-20)14-7-2-1-3-8-14/h1-5,7-10,16,19-20H,6,11-13H2. The summed E-state index contributed by atoms with van der Waals surface area (Å²) in [7, 11) is 0. The molecule has 3 nitrogen and oxygen atoms in total. The number of rotatable bonds is 8. The number of nitrogens with one attached hydrogen (secondary N) is 1. The van der Waals surface area contributed by atoms with Crippen LogP contribution in [0.4, 0.5) is 4.39 Å². The maximum atomic E-state index is 13.6. The molecule has 112 valence electrons. The van der Waals surface area contributed by atoms with Crippen molar-refractivity contribution in [2.75, 3.05) is 19.8 Å². The Morgan fingerprint density at radius 2 is 1.76 bits per heavy atom. The van der Waals surface area contributed by atoms with Crippen LogP contribution < -0.4 is 10.1 Å². The predicted molar refractivity (Wildman–Crippen MR) is 80.8 cm³/mol. The van der Waals surface area contributed by atoms with Crippen molar-refractivity contribution >= 4 is 0 Å². The van der Waals surface area contributed by atoms with Gasteiger partial charge in [-0.2, -0.15) is 0 Å². The summed E-state index contributed by atoms with van der Waals surface area (Å²) in [5.74, 6) is -0.109. The normalized spacial score (nSPS) is 12.1. The lowest BCUT2D eigenvalue weighted by molar-refractivity contribution is 0.245. The van der Waals surface area contributed by atoms with Crippen molar-refractivity contribution in [2.24, 2.45) is 0 Å². The monoisotopic (exact) mass is 289 g/mol. The Bertz CT molecular complexity index is 533. The van der Waals surface area contributed by atoms with Gasteiger partial charge in [0.05, 0.1) is 6.04 Å². The van der Waals surface area contributed by atoms with Crippen molar-refractivity contribution in [1.29, 1.82) is 0 Å². The zero-order valence-electron chi connectivity index (χ0n) is 11.8. The summed E-state index contributed by atoms with van der Waals surface area (Å²) in [5.41, 5.74) is 1.08. The fraction of sp³-hybridized carbons (Fsp3) is 0.294. The van der Waals surface area contributed by atoms with E-state index in [2.05, 4.69) is 5.32 Å². The molecule has 0 radical (unpaired) electrons. The number of para-hydroxylation sites is 1. The molecular weight excluding hydrogens is 269 g/mol. The summed E-state index contributed by atoms with van der Waals surface area (Å²) >= 11 is 0. The Hall–Kier alpha value is -1.91. The molecule has 0 heterocycles. The summed E-state index contributed by atoms with van der Waals surface area (Å²) < 4.78 is 19.2. The highest BCUT2D eigenvalue weighted by atomic mass is 19.1. The fourth-order valence-electron chi connectivity index (χ4n) is 2.05. The van der Waals surface area contributed by atoms with Gasteiger partial charge >= 0.3 is 0 Å². The molecule has 4 heteroatoms. The number of hydrogen-bond acceptors (Lipinski definition) is 3. The quantitative estimate of drug-likeness (QED) is 0.734. The molecule has 1 unspecified atom stereocenters. The van der Waals surface area contributed by atoms with Crippen LogP contribution in [0.2, 0.25) is 0 Å². The Kier molecular flexibility index (Phi) is 6.19. The zero-order valence-corrected chi connectivity index (χ0v) is 11.8. The molecule has 0 fully saturated rings. The Morgan fingerprint density at radius 1 is 1.05 bits per heavy atom. The first-order chi connectivity index (χ1) is 10.3. The average Bonchev–Trinajstić information content (AvgIpc) is 2.53. The first kappa shape index (κ1) is 15.5. The van der Waals surface area contributed by atoms with Crippen LogP contribution in [0.1, 0.15) is 18.0 Å². The topological polar surface area (TPSA) is 41.5 Å². The van der Waals surface area contributed by atoms with Crippen molar-refractivity contribution < 1.29 is 14.2 Å². The van der Waals surface area contributed by atoms with Gasteiger partial charge in [0.25, 0.3) is 0 Å². The molecule has 0 bridgehead atoms. The maximum absolute atomic E-state index is 13.6. The van der Waals surface area contributed by atoms with Gasteiger partial charge in [0, 0.05) is 6.61 Å².